The summed E-state index contributed by atoms with van der Waals surface area (Å²) in [6.07, 6.45) is 2.39. The highest BCUT2D eigenvalue weighted by molar-refractivity contribution is 7.92. The molecule has 0 bridgehead atoms. The van der Waals surface area contributed by atoms with Crippen molar-refractivity contribution in [2.45, 2.75) is 23.0 Å². The van der Waals surface area contributed by atoms with E-state index < -0.39 is 24.9 Å². The van der Waals surface area contributed by atoms with E-state index >= 15 is 0 Å². The van der Waals surface area contributed by atoms with E-state index in [0.29, 0.717) is 18.5 Å². The molecule has 6 nitrogen and oxygen atoms in total. The minimum atomic E-state index is -3.40. The van der Waals surface area contributed by atoms with E-state index in [1.807, 2.05) is 0 Å². The average Bonchev–Trinajstić information content (AvgIpc) is 2.65. The third-order valence-electron chi connectivity index (χ3n) is 3.45. The number of nitrogens with two attached hydrogens (primary N) is 1. The highest BCUT2D eigenvalue weighted by Gasteiger charge is 2.31. The zero-order valence-corrected chi connectivity index (χ0v) is 12.8. The van der Waals surface area contributed by atoms with Crippen LogP contribution in [0.4, 0.5) is 11.4 Å². The fourth-order valence-corrected chi connectivity index (χ4v) is 4.93. The fraction of sp³-hybridized carbons (Fsp3) is 0.500. The van der Waals surface area contributed by atoms with Crippen LogP contribution in [0.15, 0.2) is 23.1 Å². The highest BCUT2D eigenvalue weighted by atomic mass is 32.2. The first-order valence-electron chi connectivity index (χ1n) is 6.26. The summed E-state index contributed by atoms with van der Waals surface area (Å²) in [7, 11) is -6.43. The number of hydrogen-bond donors (Lipinski definition) is 2. The maximum Gasteiger partial charge on any atom is 0.177 e. The van der Waals surface area contributed by atoms with E-state index in [1.54, 1.807) is 12.1 Å². The van der Waals surface area contributed by atoms with Gasteiger partial charge in [-0.2, -0.15) is 0 Å². The van der Waals surface area contributed by atoms with Crippen LogP contribution in [-0.4, -0.2) is 40.6 Å². The van der Waals surface area contributed by atoms with Crippen LogP contribution in [0.3, 0.4) is 0 Å². The Balaban J connectivity index is 2.19. The Labute approximate surface area is 119 Å². The van der Waals surface area contributed by atoms with Gasteiger partial charge in [-0.1, -0.05) is 6.07 Å². The molecule has 1 atom stereocenters. The van der Waals surface area contributed by atoms with Gasteiger partial charge in [-0.25, -0.2) is 16.8 Å². The van der Waals surface area contributed by atoms with Crippen LogP contribution in [0.5, 0.6) is 0 Å². The number of para-hydroxylation sites is 1. The van der Waals surface area contributed by atoms with Gasteiger partial charge in [-0.3, -0.25) is 0 Å². The summed E-state index contributed by atoms with van der Waals surface area (Å²) in [5.41, 5.74) is 6.41. The Morgan fingerprint density at radius 2 is 2.10 bits per heavy atom. The van der Waals surface area contributed by atoms with E-state index in [2.05, 4.69) is 5.32 Å². The summed E-state index contributed by atoms with van der Waals surface area (Å²) in [5.74, 6) is 0.220. The van der Waals surface area contributed by atoms with E-state index in [-0.39, 0.29) is 22.9 Å². The minimum Gasteiger partial charge on any atom is -0.396 e. The summed E-state index contributed by atoms with van der Waals surface area (Å²) < 4.78 is 46.6. The number of nitrogens with one attached hydrogen (secondary N) is 1. The lowest BCUT2D eigenvalue weighted by atomic mass is 10.2. The highest BCUT2D eigenvalue weighted by Crippen LogP contribution is 2.27. The van der Waals surface area contributed by atoms with E-state index in [1.165, 1.54) is 6.07 Å². The molecule has 1 aliphatic rings. The number of sulfone groups is 2. The molecule has 1 fully saturated rings. The molecular formula is C12H18N2O4S2. The third-order valence-corrected chi connectivity index (χ3v) is 6.88. The van der Waals surface area contributed by atoms with Crippen LogP contribution in [-0.2, 0) is 19.7 Å². The van der Waals surface area contributed by atoms with Crippen LogP contribution in [0.25, 0.3) is 0 Å². The molecule has 1 aromatic rings. The Bertz CT molecular complexity index is 711. The molecule has 0 spiro atoms. The van der Waals surface area contributed by atoms with Crippen molar-refractivity contribution in [1.82, 2.24) is 0 Å². The first kappa shape index (κ1) is 15.1. The average molecular weight is 318 g/mol. The minimum absolute atomic E-state index is 0.0526. The predicted molar refractivity (Wildman–Crippen MR) is 79.3 cm³/mol. The molecule has 0 radical (unpaired) electrons. The Hall–Kier alpha value is -1.28. The normalized spacial score (nSPS) is 21.8. The van der Waals surface area contributed by atoms with Gasteiger partial charge in [-0.05, 0) is 25.0 Å². The number of anilines is 2. The van der Waals surface area contributed by atoms with Gasteiger partial charge < -0.3 is 11.1 Å². The molecule has 0 saturated carbocycles. The largest absolute Gasteiger partial charge is 0.396 e. The second-order valence-corrected chi connectivity index (χ2v) is 9.39. The number of benzene rings is 1. The molecule has 3 N–H and O–H groups in total. The molecule has 0 aromatic heterocycles. The SMILES string of the molecule is CS(=O)(=O)c1cccc(NCC2CCCS2(=O)=O)c1N. The van der Waals surface area contributed by atoms with Gasteiger partial charge >= 0.3 is 0 Å². The van der Waals surface area contributed by atoms with Crippen molar-refractivity contribution in [3.63, 3.8) is 0 Å². The number of nitrogen functional groups attached to an aromatic ring is 1. The van der Waals surface area contributed by atoms with Crippen molar-refractivity contribution >= 4 is 31.0 Å². The Morgan fingerprint density at radius 3 is 2.65 bits per heavy atom. The summed E-state index contributed by atoms with van der Waals surface area (Å²) in [4.78, 5) is 0.0526. The lowest BCUT2D eigenvalue weighted by Crippen LogP contribution is -2.25. The summed E-state index contributed by atoms with van der Waals surface area (Å²) in [5, 5.41) is 2.53. The summed E-state index contributed by atoms with van der Waals surface area (Å²) >= 11 is 0. The smallest absolute Gasteiger partial charge is 0.177 e. The van der Waals surface area contributed by atoms with Crippen molar-refractivity contribution in [2.24, 2.45) is 0 Å². The molecule has 2 rings (SSSR count). The summed E-state index contributed by atoms with van der Waals surface area (Å²) in [6.45, 7) is 0.250. The fourth-order valence-electron chi connectivity index (χ4n) is 2.33. The van der Waals surface area contributed by atoms with Crippen LogP contribution >= 0.6 is 0 Å². The van der Waals surface area contributed by atoms with Crippen LogP contribution in [0, 0.1) is 0 Å². The Kier molecular flexibility index (Phi) is 3.97. The standard InChI is InChI=1S/C12H18N2O4S2/c1-19(15,16)11-6-2-5-10(12(11)13)14-8-9-4-3-7-20(9,17)18/h2,5-6,9,14H,3-4,7-8,13H2,1H3. The molecule has 1 unspecified atom stereocenters. The van der Waals surface area contributed by atoms with Crippen LogP contribution < -0.4 is 11.1 Å². The van der Waals surface area contributed by atoms with Crippen molar-refractivity contribution in [1.29, 1.82) is 0 Å². The number of hydrogen-bond acceptors (Lipinski definition) is 6. The molecule has 1 heterocycles. The molecule has 1 aliphatic heterocycles. The van der Waals surface area contributed by atoms with Gasteiger partial charge in [0.1, 0.15) is 0 Å². The number of rotatable bonds is 4. The van der Waals surface area contributed by atoms with Gasteiger partial charge in [0.15, 0.2) is 19.7 Å². The van der Waals surface area contributed by atoms with Crippen molar-refractivity contribution in [2.75, 3.05) is 29.6 Å². The van der Waals surface area contributed by atoms with Gasteiger partial charge in [-0.15, -0.1) is 0 Å². The van der Waals surface area contributed by atoms with Gasteiger partial charge in [0.25, 0.3) is 0 Å². The lowest BCUT2D eigenvalue weighted by Gasteiger charge is -2.15. The first-order chi connectivity index (χ1) is 9.22. The van der Waals surface area contributed by atoms with Gasteiger partial charge in [0.05, 0.1) is 27.3 Å². The molecular weight excluding hydrogens is 300 g/mol. The molecule has 8 heteroatoms. The lowest BCUT2D eigenvalue weighted by molar-refractivity contribution is 0.591. The topological polar surface area (TPSA) is 106 Å². The zero-order chi connectivity index (χ0) is 15.0. The summed E-state index contributed by atoms with van der Waals surface area (Å²) in [6, 6.07) is 4.66. The quantitative estimate of drug-likeness (QED) is 0.790. The monoisotopic (exact) mass is 318 g/mol. The predicted octanol–water partition coefficient (Wildman–Crippen LogP) is 0.661. The van der Waals surface area contributed by atoms with Gasteiger partial charge in [0.2, 0.25) is 0 Å². The van der Waals surface area contributed by atoms with Crippen LogP contribution in [0.2, 0.25) is 0 Å². The van der Waals surface area contributed by atoms with Crippen molar-refractivity contribution < 1.29 is 16.8 Å². The maximum atomic E-state index is 11.7. The zero-order valence-electron chi connectivity index (χ0n) is 11.2. The van der Waals surface area contributed by atoms with Crippen molar-refractivity contribution in [3.8, 4) is 0 Å². The first-order valence-corrected chi connectivity index (χ1v) is 9.86. The van der Waals surface area contributed by atoms with E-state index in [4.69, 9.17) is 5.73 Å². The molecule has 0 aliphatic carbocycles. The second-order valence-electron chi connectivity index (χ2n) is 5.00. The molecule has 112 valence electrons. The van der Waals surface area contributed by atoms with Gasteiger partial charge in [0, 0.05) is 12.8 Å². The third kappa shape index (κ3) is 3.06. The molecule has 1 saturated heterocycles. The Morgan fingerprint density at radius 1 is 1.40 bits per heavy atom. The molecule has 1 aromatic carbocycles. The van der Waals surface area contributed by atoms with E-state index in [9.17, 15) is 16.8 Å². The van der Waals surface area contributed by atoms with Crippen LogP contribution in [0.1, 0.15) is 12.8 Å². The molecule has 20 heavy (non-hydrogen) atoms. The van der Waals surface area contributed by atoms with E-state index in [0.717, 1.165) is 6.26 Å². The van der Waals surface area contributed by atoms with Crippen molar-refractivity contribution in [3.05, 3.63) is 18.2 Å². The second kappa shape index (κ2) is 5.25. The molecule has 0 amide bonds. The maximum absolute atomic E-state index is 11.7.